The molecule has 3 rings (SSSR count). The van der Waals surface area contributed by atoms with Gasteiger partial charge in [0.05, 0.1) is 0 Å². The molecule has 1 heterocycles. The summed E-state index contributed by atoms with van der Waals surface area (Å²) in [7, 11) is 0. The highest BCUT2D eigenvalue weighted by Gasteiger charge is 2.11. The van der Waals surface area contributed by atoms with E-state index in [0.29, 0.717) is 24.9 Å². The highest BCUT2D eigenvalue weighted by Crippen LogP contribution is 2.32. The van der Waals surface area contributed by atoms with Crippen molar-refractivity contribution in [1.29, 1.82) is 0 Å². The Hall–Kier alpha value is -1.92. The van der Waals surface area contributed by atoms with Crippen LogP contribution in [0.25, 0.3) is 0 Å². The summed E-state index contributed by atoms with van der Waals surface area (Å²) in [5, 5.41) is 6.95. The maximum atomic E-state index is 5.57. The van der Waals surface area contributed by atoms with Gasteiger partial charge in [0, 0.05) is 23.2 Å². The molecular weight excluding hydrogens is 328 g/mol. The molecule has 0 atom stereocenters. The molecule has 0 aliphatic carbocycles. The Kier molecular flexibility index (Phi) is 5.25. The molecule has 23 heavy (non-hydrogen) atoms. The van der Waals surface area contributed by atoms with Gasteiger partial charge in [0.1, 0.15) is 13.2 Å². The molecule has 1 aliphatic heterocycles. The molecule has 0 radical (unpaired) electrons. The molecule has 0 fully saturated rings. The molecule has 0 bridgehead atoms. The lowest BCUT2D eigenvalue weighted by Gasteiger charge is -2.19. The molecular formula is C17H18N2O2S2. The van der Waals surface area contributed by atoms with Gasteiger partial charge in [-0.2, -0.15) is 0 Å². The predicted molar refractivity (Wildman–Crippen MR) is 98.7 cm³/mol. The van der Waals surface area contributed by atoms with Crippen LogP contribution in [0.1, 0.15) is 5.56 Å². The Bertz CT molecular complexity index is 689. The van der Waals surface area contributed by atoms with Crippen LogP contribution in [0.3, 0.4) is 0 Å². The molecule has 120 valence electrons. The Balaban J connectivity index is 1.54. The molecule has 0 amide bonds. The van der Waals surface area contributed by atoms with E-state index in [9.17, 15) is 0 Å². The van der Waals surface area contributed by atoms with E-state index in [4.69, 9.17) is 21.7 Å². The lowest BCUT2D eigenvalue weighted by atomic mass is 10.2. The van der Waals surface area contributed by atoms with Gasteiger partial charge in [0.15, 0.2) is 16.6 Å². The monoisotopic (exact) mass is 346 g/mol. The molecule has 0 unspecified atom stereocenters. The molecule has 0 spiro atoms. The van der Waals surface area contributed by atoms with E-state index in [-0.39, 0.29) is 0 Å². The Morgan fingerprint density at radius 1 is 1.09 bits per heavy atom. The molecule has 0 saturated carbocycles. The lowest BCUT2D eigenvalue weighted by Crippen LogP contribution is -2.28. The summed E-state index contributed by atoms with van der Waals surface area (Å²) in [5.74, 6) is 1.52. The fraction of sp³-hybridized carbons (Fsp3) is 0.235. The number of anilines is 1. The Morgan fingerprint density at radius 2 is 1.83 bits per heavy atom. The van der Waals surface area contributed by atoms with Crippen LogP contribution in [0, 0.1) is 0 Å². The highest BCUT2D eigenvalue weighted by atomic mass is 32.2. The van der Waals surface area contributed by atoms with Crippen LogP contribution in [0.5, 0.6) is 11.5 Å². The van der Waals surface area contributed by atoms with Crippen molar-refractivity contribution in [3.8, 4) is 11.5 Å². The molecule has 6 heteroatoms. The summed E-state index contributed by atoms with van der Waals surface area (Å²) < 4.78 is 11.1. The van der Waals surface area contributed by atoms with Crippen molar-refractivity contribution in [2.75, 3.05) is 24.8 Å². The van der Waals surface area contributed by atoms with Gasteiger partial charge < -0.3 is 20.1 Å². The first-order valence-corrected chi connectivity index (χ1v) is 8.95. The molecule has 0 aromatic heterocycles. The molecule has 4 nitrogen and oxygen atoms in total. The number of rotatable bonds is 4. The van der Waals surface area contributed by atoms with Crippen LogP contribution in [-0.2, 0) is 6.54 Å². The zero-order chi connectivity index (χ0) is 16.1. The number of nitrogens with one attached hydrogen (secondary N) is 2. The van der Waals surface area contributed by atoms with Crippen LogP contribution < -0.4 is 20.1 Å². The minimum atomic E-state index is 0.575. The summed E-state index contributed by atoms with van der Waals surface area (Å²) in [6.07, 6.45) is 2.07. The van der Waals surface area contributed by atoms with Gasteiger partial charge in [-0.05, 0) is 48.3 Å². The first-order valence-electron chi connectivity index (χ1n) is 7.32. The van der Waals surface area contributed by atoms with E-state index in [1.165, 1.54) is 10.5 Å². The maximum Gasteiger partial charge on any atom is 0.171 e. The van der Waals surface area contributed by atoms with Crippen LogP contribution >= 0.6 is 24.0 Å². The first-order chi connectivity index (χ1) is 11.2. The zero-order valence-corrected chi connectivity index (χ0v) is 14.4. The van der Waals surface area contributed by atoms with Gasteiger partial charge in [-0.15, -0.1) is 11.8 Å². The van der Waals surface area contributed by atoms with Gasteiger partial charge in [0.2, 0.25) is 0 Å². The quantitative estimate of drug-likeness (QED) is 0.650. The lowest BCUT2D eigenvalue weighted by molar-refractivity contribution is 0.171. The van der Waals surface area contributed by atoms with Crippen molar-refractivity contribution in [2.45, 2.75) is 11.4 Å². The topological polar surface area (TPSA) is 42.5 Å². The van der Waals surface area contributed by atoms with Crippen LogP contribution in [0.2, 0.25) is 0 Å². The summed E-state index contributed by atoms with van der Waals surface area (Å²) in [4.78, 5) is 1.26. The second-order valence-electron chi connectivity index (χ2n) is 5.01. The fourth-order valence-corrected chi connectivity index (χ4v) is 2.82. The second-order valence-corrected chi connectivity index (χ2v) is 6.30. The zero-order valence-electron chi connectivity index (χ0n) is 12.8. The minimum absolute atomic E-state index is 0.575. The van der Waals surface area contributed by atoms with E-state index in [1.807, 2.05) is 18.2 Å². The SMILES string of the molecule is CSc1ccc(CNC(=S)Nc2ccc3c(c2)OCCO3)cc1. The second kappa shape index (κ2) is 7.57. The van der Waals surface area contributed by atoms with Crippen LogP contribution in [0.15, 0.2) is 47.4 Å². The number of ether oxygens (including phenoxy) is 2. The third-order valence-electron chi connectivity index (χ3n) is 3.41. The summed E-state index contributed by atoms with van der Waals surface area (Å²) in [6.45, 7) is 1.85. The highest BCUT2D eigenvalue weighted by molar-refractivity contribution is 7.98. The number of hydrogen-bond donors (Lipinski definition) is 2. The largest absolute Gasteiger partial charge is 0.486 e. The third kappa shape index (κ3) is 4.30. The Morgan fingerprint density at radius 3 is 2.57 bits per heavy atom. The Labute approximate surface area is 145 Å². The molecule has 2 N–H and O–H groups in total. The van der Waals surface area contributed by atoms with E-state index < -0.39 is 0 Å². The smallest absolute Gasteiger partial charge is 0.171 e. The third-order valence-corrected chi connectivity index (χ3v) is 4.40. The number of thioether (sulfide) groups is 1. The molecule has 2 aromatic rings. The van der Waals surface area contributed by atoms with Crippen molar-refractivity contribution in [3.05, 3.63) is 48.0 Å². The maximum absolute atomic E-state index is 5.57. The van der Waals surface area contributed by atoms with Gasteiger partial charge >= 0.3 is 0 Å². The molecule has 0 saturated heterocycles. The fourth-order valence-electron chi connectivity index (χ4n) is 2.22. The van der Waals surface area contributed by atoms with Gasteiger partial charge in [-0.1, -0.05) is 12.1 Å². The summed E-state index contributed by atoms with van der Waals surface area (Å²) >= 11 is 7.07. The number of fused-ring (bicyclic) bond motifs is 1. The van der Waals surface area contributed by atoms with Crippen LogP contribution in [0.4, 0.5) is 5.69 Å². The number of thiocarbonyl (C=S) groups is 1. The van der Waals surface area contributed by atoms with E-state index in [2.05, 4.69) is 41.2 Å². The van der Waals surface area contributed by atoms with Gasteiger partial charge in [0.25, 0.3) is 0 Å². The number of benzene rings is 2. The average molecular weight is 346 g/mol. The summed E-state index contributed by atoms with van der Waals surface area (Å²) in [6, 6.07) is 14.1. The van der Waals surface area contributed by atoms with E-state index in [0.717, 1.165) is 17.2 Å². The minimum Gasteiger partial charge on any atom is -0.486 e. The predicted octanol–water partition coefficient (Wildman–Crippen LogP) is 3.67. The van der Waals surface area contributed by atoms with Crippen molar-refractivity contribution in [3.63, 3.8) is 0 Å². The van der Waals surface area contributed by atoms with Crippen LogP contribution in [-0.4, -0.2) is 24.6 Å². The standard InChI is InChI=1S/C17H18N2O2S2/c1-23-14-5-2-12(3-6-14)11-18-17(22)19-13-4-7-15-16(10-13)21-9-8-20-15/h2-7,10H,8-9,11H2,1H3,(H2,18,19,22). The average Bonchev–Trinajstić information content (AvgIpc) is 2.60. The van der Waals surface area contributed by atoms with Crippen molar-refractivity contribution in [2.24, 2.45) is 0 Å². The van der Waals surface area contributed by atoms with Crippen molar-refractivity contribution >= 4 is 34.8 Å². The normalized spacial score (nSPS) is 12.6. The van der Waals surface area contributed by atoms with E-state index >= 15 is 0 Å². The van der Waals surface area contributed by atoms with Crippen molar-refractivity contribution < 1.29 is 9.47 Å². The molecule has 2 aromatic carbocycles. The van der Waals surface area contributed by atoms with Gasteiger partial charge in [-0.3, -0.25) is 0 Å². The van der Waals surface area contributed by atoms with Crippen molar-refractivity contribution in [1.82, 2.24) is 5.32 Å². The van der Waals surface area contributed by atoms with Gasteiger partial charge in [-0.25, -0.2) is 0 Å². The van der Waals surface area contributed by atoms with E-state index in [1.54, 1.807) is 11.8 Å². The summed E-state index contributed by atoms with van der Waals surface area (Å²) in [5.41, 5.74) is 2.07. The first kappa shape index (κ1) is 16.0. The molecule has 1 aliphatic rings. The number of hydrogen-bond acceptors (Lipinski definition) is 4.